The molecule has 5 saturated carbocycles. The second kappa shape index (κ2) is 4.59. The number of halogens is 1. The molecule has 3 nitrogen and oxygen atoms in total. The minimum atomic E-state index is -0.852. The summed E-state index contributed by atoms with van der Waals surface area (Å²) in [7, 11) is 0. The fourth-order valence-electron chi connectivity index (χ4n) is 9.70. The lowest BCUT2D eigenvalue weighted by Crippen LogP contribution is -2.60. The monoisotopic (exact) mass is 384 g/mol. The van der Waals surface area contributed by atoms with Crippen LogP contribution in [0, 0.1) is 46.3 Å². The van der Waals surface area contributed by atoms with Gasteiger partial charge in [0.15, 0.2) is 0 Å². The molecule has 0 N–H and O–H groups in total. The van der Waals surface area contributed by atoms with E-state index in [1.165, 1.54) is 17.6 Å². The Bertz CT molecular complexity index is 877. The quantitative estimate of drug-likeness (QED) is 0.459. The van der Waals surface area contributed by atoms with E-state index < -0.39 is 11.8 Å². The number of ketones is 1. The molecule has 1 spiro atoms. The molecule has 1 saturated heterocycles. The largest absolute Gasteiger partial charge is 0.458 e. The van der Waals surface area contributed by atoms with Crippen molar-refractivity contribution in [2.75, 3.05) is 0 Å². The molecule has 28 heavy (non-hydrogen) atoms. The van der Waals surface area contributed by atoms with Crippen molar-refractivity contribution in [3.05, 3.63) is 11.1 Å². The van der Waals surface area contributed by atoms with Gasteiger partial charge in [-0.2, -0.15) is 0 Å². The van der Waals surface area contributed by atoms with Gasteiger partial charge < -0.3 is 4.74 Å². The molecule has 3 unspecified atom stereocenters. The number of rotatable bonds is 0. The van der Waals surface area contributed by atoms with Crippen molar-refractivity contribution < 1.29 is 18.7 Å². The Morgan fingerprint density at radius 1 is 1.11 bits per heavy atom. The van der Waals surface area contributed by atoms with E-state index >= 15 is 4.39 Å². The van der Waals surface area contributed by atoms with Crippen LogP contribution in [0.5, 0.6) is 0 Å². The first-order valence-corrected chi connectivity index (χ1v) is 11.4. The summed E-state index contributed by atoms with van der Waals surface area (Å²) >= 11 is 0. The standard InChI is InChI=1S/C24H29FO3/c1-22-5-3-11(26)7-15(22)12-8-13(12)19-20-14-9-16(14)24(6-4-18(27)28-24)23(20,2)10-17(25)21(19)22/h13-14,16-17,19-21H,3-10H2,1-2H3/t13-,14-,16+,17+,19?,20?,21?,22+,23+,24+/m1/s1. The van der Waals surface area contributed by atoms with Crippen LogP contribution in [-0.2, 0) is 14.3 Å². The predicted molar refractivity (Wildman–Crippen MR) is 99.8 cm³/mol. The molecule has 7 aliphatic rings. The minimum absolute atomic E-state index is 0.0541. The topological polar surface area (TPSA) is 43.4 Å². The molecule has 0 bridgehead atoms. The molecule has 6 aliphatic carbocycles. The van der Waals surface area contributed by atoms with Crippen molar-refractivity contribution in [1.29, 1.82) is 0 Å². The van der Waals surface area contributed by atoms with Crippen LogP contribution in [0.1, 0.15) is 65.2 Å². The third-order valence-corrected chi connectivity index (χ3v) is 10.7. The van der Waals surface area contributed by atoms with Gasteiger partial charge in [-0.1, -0.05) is 25.0 Å². The summed E-state index contributed by atoms with van der Waals surface area (Å²) < 4.78 is 22.2. The minimum Gasteiger partial charge on any atom is -0.458 e. The molecule has 0 radical (unpaired) electrons. The van der Waals surface area contributed by atoms with E-state index in [-0.39, 0.29) is 22.7 Å². The molecule has 4 heteroatoms. The van der Waals surface area contributed by atoms with E-state index in [1.807, 2.05) is 0 Å². The fourth-order valence-corrected chi connectivity index (χ4v) is 9.70. The summed E-state index contributed by atoms with van der Waals surface area (Å²) in [5, 5.41) is 0. The second-order valence-corrected chi connectivity index (χ2v) is 11.6. The first-order chi connectivity index (χ1) is 13.3. The number of allylic oxidation sites excluding steroid dienone is 2. The van der Waals surface area contributed by atoms with Crippen molar-refractivity contribution in [2.45, 2.75) is 77.0 Å². The molecule has 0 aromatic rings. The van der Waals surface area contributed by atoms with Gasteiger partial charge in [-0.25, -0.2) is 4.39 Å². The molecular weight excluding hydrogens is 355 g/mol. The second-order valence-electron chi connectivity index (χ2n) is 11.6. The molecule has 150 valence electrons. The zero-order chi connectivity index (χ0) is 19.2. The summed E-state index contributed by atoms with van der Waals surface area (Å²) in [6.45, 7) is 4.53. The third kappa shape index (κ3) is 1.60. The lowest BCUT2D eigenvalue weighted by atomic mass is 9.45. The summed E-state index contributed by atoms with van der Waals surface area (Å²) in [4.78, 5) is 24.3. The molecule has 0 amide bonds. The van der Waals surface area contributed by atoms with Crippen LogP contribution < -0.4 is 0 Å². The Kier molecular flexibility index (Phi) is 2.72. The Labute approximate surface area is 165 Å². The molecule has 6 fully saturated rings. The average molecular weight is 384 g/mol. The summed E-state index contributed by atoms with van der Waals surface area (Å²) in [5.41, 5.74) is 2.11. The molecule has 1 heterocycles. The van der Waals surface area contributed by atoms with E-state index in [1.54, 1.807) is 0 Å². The number of carbonyl (C=O) groups excluding carboxylic acids is 2. The van der Waals surface area contributed by atoms with Gasteiger partial charge in [0, 0.05) is 36.5 Å². The normalized spacial score (nSPS) is 60.6. The number of esters is 1. The van der Waals surface area contributed by atoms with Gasteiger partial charge in [-0.05, 0) is 61.2 Å². The van der Waals surface area contributed by atoms with E-state index in [4.69, 9.17) is 4.74 Å². The van der Waals surface area contributed by atoms with Crippen LogP contribution in [0.25, 0.3) is 0 Å². The van der Waals surface area contributed by atoms with E-state index in [9.17, 15) is 9.59 Å². The predicted octanol–water partition coefficient (Wildman–Crippen LogP) is 4.40. The van der Waals surface area contributed by atoms with Crippen LogP contribution in [-0.4, -0.2) is 23.5 Å². The Morgan fingerprint density at radius 2 is 1.93 bits per heavy atom. The Morgan fingerprint density at radius 3 is 2.68 bits per heavy atom. The maximum Gasteiger partial charge on any atom is 0.306 e. The molecular formula is C24H29FO3. The summed E-state index contributed by atoms with van der Waals surface area (Å²) in [6.07, 6.45) is 5.27. The van der Waals surface area contributed by atoms with Crippen molar-refractivity contribution in [2.24, 2.45) is 46.3 Å². The number of carbonyl (C=O) groups is 2. The number of ether oxygens (including phenoxy) is 1. The Hall–Kier alpha value is -1.19. The molecule has 1 aliphatic heterocycles. The third-order valence-electron chi connectivity index (χ3n) is 10.7. The van der Waals surface area contributed by atoms with Crippen LogP contribution in [0.2, 0.25) is 0 Å². The fraction of sp³-hybridized carbons (Fsp3) is 0.833. The van der Waals surface area contributed by atoms with Crippen LogP contribution in [0.4, 0.5) is 4.39 Å². The first-order valence-electron chi connectivity index (χ1n) is 11.4. The van der Waals surface area contributed by atoms with Gasteiger partial charge >= 0.3 is 5.97 Å². The van der Waals surface area contributed by atoms with Gasteiger partial charge in [-0.3, -0.25) is 9.59 Å². The summed E-state index contributed by atoms with van der Waals surface area (Å²) in [5.74, 6) is 2.79. The molecule has 7 rings (SSSR count). The van der Waals surface area contributed by atoms with Crippen molar-refractivity contribution in [3.63, 3.8) is 0 Å². The maximum absolute atomic E-state index is 16.1. The van der Waals surface area contributed by atoms with Gasteiger partial charge in [-0.15, -0.1) is 0 Å². The zero-order valence-electron chi connectivity index (χ0n) is 16.8. The highest BCUT2D eigenvalue weighted by atomic mass is 19.1. The lowest BCUT2D eigenvalue weighted by molar-refractivity contribution is -0.186. The number of hydrogen-bond donors (Lipinski definition) is 0. The SMILES string of the molecule is C[C@]12CCC(=O)CC1=C1C[C@H]1C1C2[C@@H](F)C[C@@]2(C)C1[C@@H]1C[C@@H]1[C@@]21CCC(=O)O1. The van der Waals surface area contributed by atoms with Gasteiger partial charge in [0.2, 0.25) is 0 Å². The van der Waals surface area contributed by atoms with Crippen LogP contribution >= 0.6 is 0 Å². The van der Waals surface area contributed by atoms with E-state index in [0.717, 1.165) is 19.3 Å². The highest BCUT2D eigenvalue weighted by molar-refractivity contribution is 5.83. The van der Waals surface area contributed by atoms with Crippen LogP contribution in [0.15, 0.2) is 11.1 Å². The Balaban J connectivity index is 1.37. The van der Waals surface area contributed by atoms with Crippen molar-refractivity contribution in [1.82, 2.24) is 0 Å². The number of alkyl halides is 1. The first kappa shape index (κ1) is 16.6. The highest BCUT2D eigenvalue weighted by Gasteiger charge is 2.81. The van der Waals surface area contributed by atoms with Crippen LogP contribution in [0.3, 0.4) is 0 Å². The maximum atomic E-state index is 16.1. The molecule has 0 aromatic heterocycles. The number of Topliss-reactive ketones (excluding diaryl/α,β-unsaturated/α-hetero) is 1. The smallest absolute Gasteiger partial charge is 0.306 e. The van der Waals surface area contributed by atoms with Gasteiger partial charge in [0.1, 0.15) is 17.6 Å². The van der Waals surface area contributed by atoms with Crippen molar-refractivity contribution in [3.8, 4) is 0 Å². The molecule has 10 atom stereocenters. The molecule has 0 aromatic carbocycles. The highest BCUT2D eigenvalue weighted by Crippen LogP contribution is 2.81. The zero-order valence-corrected chi connectivity index (χ0v) is 16.8. The average Bonchev–Trinajstić information content (AvgIpc) is 3.53. The van der Waals surface area contributed by atoms with E-state index in [0.29, 0.717) is 61.1 Å². The summed E-state index contributed by atoms with van der Waals surface area (Å²) in [6, 6.07) is 0. The van der Waals surface area contributed by atoms with Gasteiger partial charge in [0.05, 0.1) is 0 Å². The lowest BCUT2D eigenvalue weighted by Gasteiger charge is -2.60. The number of fused-ring (bicyclic) bond motifs is 11. The number of hydrogen-bond acceptors (Lipinski definition) is 3. The van der Waals surface area contributed by atoms with E-state index in [2.05, 4.69) is 13.8 Å². The van der Waals surface area contributed by atoms with Crippen molar-refractivity contribution >= 4 is 11.8 Å². The van der Waals surface area contributed by atoms with Gasteiger partial charge in [0.25, 0.3) is 0 Å².